The zero-order valence-electron chi connectivity index (χ0n) is 15.0. The third kappa shape index (κ3) is 5.06. The fraction of sp³-hybridized carbons (Fsp3) is 0.556. The van der Waals surface area contributed by atoms with Gasteiger partial charge in [-0.05, 0) is 43.0 Å². The lowest BCUT2D eigenvalue weighted by molar-refractivity contribution is -0.213. The van der Waals surface area contributed by atoms with E-state index in [0.29, 0.717) is 12.4 Å². The Bertz CT molecular complexity index is 772. The Kier molecular flexibility index (Phi) is 6.13. The van der Waals surface area contributed by atoms with Gasteiger partial charge < -0.3 is 14.7 Å². The van der Waals surface area contributed by atoms with Crippen molar-refractivity contribution in [2.75, 3.05) is 33.3 Å². The van der Waals surface area contributed by atoms with E-state index in [4.69, 9.17) is 9.84 Å². The summed E-state index contributed by atoms with van der Waals surface area (Å²) in [5, 5.41) is 11.2. The number of hydrogen-bond acceptors (Lipinski definition) is 6. The number of hydrogen-bond donors (Lipinski definition) is 2. The molecule has 0 aromatic carbocycles. The third-order valence-electron chi connectivity index (χ3n) is 4.83. The average molecular weight is 384 g/mol. The fourth-order valence-corrected chi connectivity index (χ4v) is 3.33. The van der Waals surface area contributed by atoms with Crippen LogP contribution in [0.25, 0.3) is 11.0 Å². The summed E-state index contributed by atoms with van der Waals surface area (Å²) >= 11 is 0. The average Bonchev–Trinajstić information content (AvgIpc) is 3.11. The van der Waals surface area contributed by atoms with Crippen molar-refractivity contribution in [2.45, 2.75) is 25.2 Å². The van der Waals surface area contributed by atoms with Crippen molar-refractivity contribution < 1.29 is 23.0 Å². The van der Waals surface area contributed by atoms with Crippen molar-refractivity contribution in [3.63, 3.8) is 0 Å². The number of aromatic nitrogens is 2. The van der Waals surface area contributed by atoms with Crippen LogP contribution in [0.15, 0.2) is 24.4 Å². The SMILES string of the molecule is COc1ccc2nccc(CCN3CC[C@@H](CNC(O)C(F)(F)F)C3)c2n1. The molecule has 9 heteroatoms. The van der Waals surface area contributed by atoms with Gasteiger partial charge in [0.25, 0.3) is 0 Å². The normalized spacial score (nSPS) is 19.5. The topological polar surface area (TPSA) is 70.5 Å². The van der Waals surface area contributed by atoms with Gasteiger partial charge in [-0.25, -0.2) is 4.98 Å². The van der Waals surface area contributed by atoms with Crippen molar-refractivity contribution in [3.8, 4) is 5.88 Å². The van der Waals surface area contributed by atoms with E-state index >= 15 is 0 Å². The number of aliphatic hydroxyl groups excluding tert-OH is 1. The maximum absolute atomic E-state index is 12.3. The highest BCUT2D eigenvalue weighted by Crippen LogP contribution is 2.22. The van der Waals surface area contributed by atoms with E-state index in [1.54, 1.807) is 19.4 Å². The summed E-state index contributed by atoms with van der Waals surface area (Å²) in [6.07, 6.45) is -3.77. The Hall–Kier alpha value is -1.97. The molecule has 1 aliphatic heterocycles. The lowest BCUT2D eigenvalue weighted by Gasteiger charge is -2.19. The van der Waals surface area contributed by atoms with E-state index in [9.17, 15) is 13.2 Å². The Morgan fingerprint density at radius 1 is 1.37 bits per heavy atom. The van der Waals surface area contributed by atoms with Crippen LogP contribution in [0.4, 0.5) is 13.2 Å². The number of aliphatic hydroxyl groups is 1. The summed E-state index contributed by atoms with van der Waals surface area (Å²) < 4.78 is 42.2. The number of likely N-dealkylation sites (tertiary alicyclic amines) is 1. The molecule has 1 aliphatic rings. The Morgan fingerprint density at radius 2 is 2.19 bits per heavy atom. The molecular formula is C18H23F3N4O2. The highest BCUT2D eigenvalue weighted by atomic mass is 19.4. The highest BCUT2D eigenvalue weighted by molar-refractivity contribution is 5.78. The first-order valence-corrected chi connectivity index (χ1v) is 8.86. The van der Waals surface area contributed by atoms with Gasteiger partial charge in [0.1, 0.15) is 0 Å². The first-order chi connectivity index (χ1) is 12.9. The number of rotatable bonds is 7. The molecule has 1 saturated heterocycles. The summed E-state index contributed by atoms with van der Waals surface area (Å²) in [5.41, 5.74) is 2.67. The number of nitrogens with one attached hydrogen (secondary N) is 1. The smallest absolute Gasteiger partial charge is 0.427 e. The van der Waals surface area contributed by atoms with E-state index in [2.05, 4.69) is 20.2 Å². The second-order valence-electron chi connectivity index (χ2n) is 6.75. The number of alkyl halides is 3. The summed E-state index contributed by atoms with van der Waals surface area (Å²) in [6, 6.07) is 5.57. The molecular weight excluding hydrogens is 361 g/mol. The van der Waals surface area contributed by atoms with E-state index in [1.807, 2.05) is 12.1 Å². The molecule has 0 bridgehead atoms. The summed E-state index contributed by atoms with van der Waals surface area (Å²) in [5.74, 6) is 0.627. The van der Waals surface area contributed by atoms with Crippen molar-refractivity contribution in [1.82, 2.24) is 20.2 Å². The molecule has 0 spiro atoms. The molecule has 0 aliphatic carbocycles. The molecule has 0 saturated carbocycles. The lowest BCUT2D eigenvalue weighted by Crippen LogP contribution is -2.44. The molecule has 148 valence electrons. The third-order valence-corrected chi connectivity index (χ3v) is 4.83. The quantitative estimate of drug-likeness (QED) is 0.712. The molecule has 6 nitrogen and oxygen atoms in total. The minimum absolute atomic E-state index is 0.0920. The van der Waals surface area contributed by atoms with Crippen molar-refractivity contribution in [3.05, 3.63) is 30.0 Å². The second-order valence-corrected chi connectivity index (χ2v) is 6.75. The highest BCUT2D eigenvalue weighted by Gasteiger charge is 2.38. The Labute approximate surface area is 155 Å². The Morgan fingerprint density at radius 3 is 2.93 bits per heavy atom. The lowest BCUT2D eigenvalue weighted by atomic mass is 10.1. The van der Waals surface area contributed by atoms with Gasteiger partial charge in [0.2, 0.25) is 12.1 Å². The summed E-state index contributed by atoms with van der Waals surface area (Å²) in [6.45, 7) is 2.47. The molecule has 1 fully saturated rings. The molecule has 3 heterocycles. The maximum atomic E-state index is 12.3. The largest absolute Gasteiger partial charge is 0.481 e. The standard InChI is InChI=1S/C18H23F3N4O2/c1-27-15-3-2-14-16(24-15)13(4-7-22-14)6-9-25-8-5-12(11-25)10-23-17(26)18(19,20)21/h2-4,7,12,17,23,26H,5-6,8-11H2,1H3/t12-,17?/m0/s1. The van der Waals surface area contributed by atoms with Crippen LogP contribution in [0.3, 0.4) is 0 Å². The molecule has 0 amide bonds. The summed E-state index contributed by atoms with van der Waals surface area (Å²) in [4.78, 5) is 11.0. The molecule has 2 atom stereocenters. The summed E-state index contributed by atoms with van der Waals surface area (Å²) in [7, 11) is 1.57. The van der Waals surface area contributed by atoms with Crippen molar-refractivity contribution in [1.29, 1.82) is 0 Å². The predicted octanol–water partition coefficient (Wildman–Crippen LogP) is 1.97. The molecule has 2 aromatic heterocycles. The van der Waals surface area contributed by atoms with Gasteiger partial charge >= 0.3 is 6.18 Å². The molecule has 1 unspecified atom stereocenters. The van der Waals surface area contributed by atoms with E-state index in [1.165, 1.54) is 0 Å². The van der Waals surface area contributed by atoms with Crippen LogP contribution in [0.1, 0.15) is 12.0 Å². The maximum Gasteiger partial charge on any atom is 0.427 e. The van der Waals surface area contributed by atoms with Crippen LogP contribution in [0.2, 0.25) is 0 Å². The van der Waals surface area contributed by atoms with Crippen molar-refractivity contribution >= 4 is 11.0 Å². The van der Waals surface area contributed by atoms with Gasteiger partial charge in [-0.15, -0.1) is 0 Å². The first-order valence-electron chi connectivity index (χ1n) is 8.86. The van der Waals surface area contributed by atoms with Crippen molar-refractivity contribution in [2.24, 2.45) is 5.92 Å². The predicted molar refractivity (Wildman–Crippen MR) is 94.4 cm³/mol. The molecule has 27 heavy (non-hydrogen) atoms. The van der Waals surface area contributed by atoms with Crippen LogP contribution in [-0.4, -0.2) is 65.7 Å². The van der Waals surface area contributed by atoms with Gasteiger partial charge in [-0.1, -0.05) is 0 Å². The second kappa shape index (κ2) is 8.37. The molecule has 0 radical (unpaired) electrons. The monoisotopic (exact) mass is 384 g/mol. The number of ether oxygens (including phenoxy) is 1. The van der Waals surface area contributed by atoms with Crippen LogP contribution < -0.4 is 10.1 Å². The minimum Gasteiger partial charge on any atom is -0.481 e. The number of methoxy groups -OCH3 is 1. The fourth-order valence-electron chi connectivity index (χ4n) is 3.33. The minimum atomic E-state index is -4.63. The number of halogens is 3. The van der Waals surface area contributed by atoms with E-state index in [-0.39, 0.29) is 12.5 Å². The zero-order valence-corrected chi connectivity index (χ0v) is 15.0. The van der Waals surface area contributed by atoms with E-state index < -0.39 is 12.4 Å². The van der Waals surface area contributed by atoms with Gasteiger partial charge in [-0.3, -0.25) is 10.3 Å². The molecule has 2 aromatic rings. The molecule has 3 rings (SSSR count). The van der Waals surface area contributed by atoms with Crippen LogP contribution in [-0.2, 0) is 6.42 Å². The zero-order chi connectivity index (χ0) is 19.4. The van der Waals surface area contributed by atoms with Gasteiger partial charge in [0.05, 0.1) is 18.1 Å². The number of nitrogens with zero attached hydrogens (tertiary/aromatic N) is 3. The van der Waals surface area contributed by atoms with Crippen LogP contribution >= 0.6 is 0 Å². The Balaban J connectivity index is 1.53. The first kappa shape index (κ1) is 19.8. The van der Waals surface area contributed by atoms with Gasteiger partial charge in [-0.2, -0.15) is 13.2 Å². The van der Waals surface area contributed by atoms with Gasteiger partial charge in [0.15, 0.2) is 0 Å². The number of fused-ring (bicyclic) bond motifs is 1. The van der Waals surface area contributed by atoms with Crippen LogP contribution in [0, 0.1) is 5.92 Å². The van der Waals surface area contributed by atoms with Gasteiger partial charge in [0, 0.05) is 31.9 Å². The number of pyridine rings is 2. The van der Waals surface area contributed by atoms with Crippen LogP contribution in [0.5, 0.6) is 5.88 Å². The van der Waals surface area contributed by atoms with E-state index in [0.717, 1.165) is 42.5 Å². The molecule has 2 N–H and O–H groups in total.